The normalized spacial score (nSPS) is 17.3. The predicted octanol–water partition coefficient (Wildman–Crippen LogP) is 1.37. The number of hydrogen-bond donors (Lipinski definition) is 2. The second-order valence-corrected chi connectivity index (χ2v) is 4.76. The summed E-state index contributed by atoms with van der Waals surface area (Å²) < 4.78 is 13.3. The lowest BCUT2D eigenvalue weighted by atomic mass is 9.78. The van der Waals surface area contributed by atoms with Crippen molar-refractivity contribution >= 4 is 5.91 Å². The third kappa shape index (κ3) is 3.03. The maximum Gasteiger partial charge on any atom is 0.224 e. The van der Waals surface area contributed by atoms with Crippen molar-refractivity contribution < 1.29 is 9.18 Å². The van der Waals surface area contributed by atoms with Gasteiger partial charge in [0.15, 0.2) is 0 Å². The number of nitrogens with one attached hydrogen (secondary N) is 1. The fourth-order valence-corrected chi connectivity index (χ4v) is 1.96. The van der Waals surface area contributed by atoms with E-state index in [0.29, 0.717) is 12.1 Å². The summed E-state index contributed by atoms with van der Waals surface area (Å²) in [6.45, 7) is 0.486. The lowest BCUT2D eigenvalue weighted by molar-refractivity contribution is -0.120. The number of halogens is 1. The van der Waals surface area contributed by atoms with Gasteiger partial charge in [-0.2, -0.15) is 0 Å². The molecule has 0 bridgehead atoms. The number of benzene rings is 1. The average Bonchev–Trinajstić information content (AvgIpc) is 2.27. The molecule has 3 N–H and O–H groups in total. The van der Waals surface area contributed by atoms with Gasteiger partial charge in [0.1, 0.15) is 5.82 Å². The second kappa shape index (κ2) is 4.84. The molecule has 1 aliphatic rings. The summed E-state index contributed by atoms with van der Waals surface area (Å²) in [5.41, 5.74) is 6.18. The van der Waals surface area contributed by atoms with Gasteiger partial charge in [-0.3, -0.25) is 4.79 Å². The van der Waals surface area contributed by atoms with E-state index in [-0.39, 0.29) is 23.7 Å². The Labute approximate surface area is 100 Å². The van der Waals surface area contributed by atoms with Crippen LogP contribution >= 0.6 is 0 Å². The van der Waals surface area contributed by atoms with Gasteiger partial charge in [-0.05, 0) is 30.9 Å². The van der Waals surface area contributed by atoms with Crippen molar-refractivity contribution in [2.75, 3.05) is 6.54 Å². The summed E-state index contributed by atoms with van der Waals surface area (Å²) in [4.78, 5) is 11.6. The Hall–Kier alpha value is -1.42. The minimum Gasteiger partial charge on any atom is -0.354 e. The third-order valence-electron chi connectivity index (χ3n) is 3.30. The third-order valence-corrected chi connectivity index (χ3v) is 3.30. The van der Waals surface area contributed by atoms with Gasteiger partial charge in [-0.1, -0.05) is 18.2 Å². The molecule has 0 radical (unpaired) electrons. The van der Waals surface area contributed by atoms with E-state index in [9.17, 15) is 9.18 Å². The largest absolute Gasteiger partial charge is 0.354 e. The van der Waals surface area contributed by atoms with Crippen LogP contribution in [0.25, 0.3) is 0 Å². The fraction of sp³-hybridized carbons (Fsp3) is 0.462. The molecule has 3 nitrogen and oxygen atoms in total. The van der Waals surface area contributed by atoms with Crippen molar-refractivity contribution in [1.82, 2.24) is 5.32 Å². The lowest BCUT2D eigenvalue weighted by Gasteiger charge is -2.38. The maximum atomic E-state index is 13.3. The molecule has 1 aliphatic carbocycles. The molecule has 0 aromatic heterocycles. The van der Waals surface area contributed by atoms with Gasteiger partial charge in [0.05, 0.1) is 6.42 Å². The van der Waals surface area contributed by atoms with E-state index < -0.39 is 0 Å². The Morgan fingerprint density at radius 2 is 2.12 bits per heavy atom. The zero-order chi connectivity index (χ0) is 12.3. The van der Waals surface area contributed by atoms with Crippen LogP contribution in [-0.4, -0.2) is 18.0 Å². The van der Waals surface area contributed by atoms with Gasteiger partial charge in [0.25, 0.3) is 0 Å². The van der Waals surface area contributed by atoms with Crippen LogP contribution in [0.15, 0.2) is 24.3 Å². The molecule has 0 heterocycles. The van der Waals surface area contributed by atoms with E-state index in [1.165, 1.54) is 6.07 Å². The van der Waals surface area contributed by atoms with Crippen LogP contribution in [0.5, 0.6) is 0 Å². The Morgan fingerprint density at radius 1 is 1.41 bits per heavy atom. The fourth-order valence-electron chi connectivity index (χ4n) is 1.96. The Bertz CT molecular complexity index is 416. The molecule has 1 fully saturated rings. The van der Waals surface area contributed by atoms with E-state index in [2.05, 4.69) is 5.32 Å². The Morgan fingerprint density at radius 3 is 2.71 bits per heavy atom. The lowest BCUT2D eigenvalue weighted by Crippen LogP contribution is -2.55. The SMILES string of the molecule is NC1(CNC(=O)Cc2ccccc2F)CCC1. The molecule has 0 atom stereocenters. The zero-order valence-electron chi connectivity index (χ0n) is 9.71. The molecule has 0 saturated heterocycles. The molecule has 0 unspecified atom stereocenters. The van der Waals surface area contributed by atoms with Crippen LogP contribution in [0.1, 0.15) is 24.8 Å². The van der Waals surface area contributed by atoms with Crippen LogP contribution < -0.4 is 11.1 Å². The minimum atomic E-state index is -0.339. The predicted molar refractivity (Wildman–Crippen MR) is 63.9 cm³/mol. The topological polar surface area (TPSA) is 55.1 Å². The number of rotatable bonds is 4. The van der Waals surface area contributed by atoms with Gasteiger partial charge >= 0.3 is 0 Å². The molecular formula is C13H17FN2O. The quantitative estimate of drug-likeness (QED) is 0.829. The highest BCUT2D eigenvalue weighted by molar-refractivity contribution is 5.78. The van der Waals surface area contributed by atoms with Crippen LogP contribution in [0.2, 0.25) is 0 Å². The van der Waals surface area contributed by atoms with E-state index in [1.807, 2.05) is 0 Å². The summed E-state index contributed by atoms with van der Waals surface area (Å²) in [5, 5.41) is 2.77. The maximum absolute atomic E-state index is 13.3. The van der Waals surface area contributed by atoms with Crippen molar-refractivity contribution in [2.24, 2.45) is 5.73 Å². The van der Waals surface area contributed by atoms with Gasteiger partial charge in [0.2, 0.25) is 5.91 Å². The summed E-state index contributed by atoms with van der Waals surface area (Å²) >= 11 is 0. The first-order chi connectivity index (χ1) is 8.09. The van der Waals surface area contributed by atoms with Gasteiger partial charge in [-0.25, -0.2) is 4.39 Å². The average molecular weight is 236 g/mol. The number of amides is 1. The van der Waals surface area contributed by atoms with Crippen LogP contribution in [-0.2, 0) is 11.2 Å². The van der Waals surface area contributed by atoms with Crippen molar-refractivity contribution in [1.29, 1.82) is 0 Å². The van der Waals surface area contributed by atoms with Crippen molar-refractivity contribution in [3.05, 3.63) is 35.6 Å². The monoisotopic (exact) mass is 236 g/mol. The highest BCUT2D eigenvalue weighted by Gasteiger charge is 2.32. The van der Waals surface area contributed by atoms with Crippen LogP contribution in [0, 0.1) is 5.82 Å². The second-order valence-electron chi connectivity index (χ2n) is 4.76. The Kier molecular flexibility index (Phi) is 3.43. The number of carbonyl (C=O) groups excluding carboxylic acids is 1. The molecule has 0 spiro atoms. The molecule has 2 rings (SSSR count). The van der Waals surface area contributed by atoms with Crippen molar-refractivity contribution in [2.45, 2.75) is 31.2 Å². The zero-order valence-corrected chi connectivity index (χ0v) is 9.71. The molecule has 1 amide bonds. The smallest absolute Gasteiger partial charge is 0.224 e. The molecule has 4 heteroatoms. The first-order valence-electron chi connectivity index (χ1n) is 5.88. The van der Waals surface area contributed by atoms with Crippen molar-refractivity contribution in [3.63, 3.8) is 0 Å². The van der Waals surface area contributed by atoms with Crippen LogP contribution in [0.3, 0.4) is 0 Å². The summed E-state index contributed by atoms with van der Waals surface area (Å²) in [7, 11) is 0. The molecule has 1 saturated carbocycles. The first kappa shape index (κ1) is 12.0. The molecule has 0 aliphatic heterocycles. The van der Waals surface area contributed by atoms with Gasteiger partial charge < -0.3 is 11.1 Å². The highest BCUT2D eigenvalue weighted by atomic mass is 19.1. The Balaban J connectivity index is 1.83. The summed E-state index contributed by atoms with van der Waals surface area (Å²) in [5.74, 6) is -0.513. The minimum absolute atomic E-state index is 0.0722. The summed E-state index contributed by atoms with van der Waals surface area (Å²) in [6, 6.07) is 6.32. The van der Waals surface area contributed by atoms with Crippen molar-refractivity contribution in [3.8, 4) is 0 Å². The highest BCUT2D eigenvalue weighted by Crippen LogP contribution is 2.28. The van der Waals surface area contributed by atoms with E-state index in [1.54, 1.807) is 18.2 Å². The molecule has 17 heavy (non-hydrogen) atoms. The first-order valence-corrected chi connectivity index (χ1v) is 5.88. The van der Waals surface area contributed by atoms with Gasteiger partial charge in [-0.15, -0.1) is 0 Å². The van der Waals surface area contributed by atoms with Gasteiger partial charge in [0, 0.05) is 12.1 Å². The molecule has 1 aromatic rings. The molecule has 1 aromatic carbocycles. The molecular weight excluding hydrogens is 219 g/mol. The van der Waals surface area contributed by atoms with E-state index in [0.717, 1.165) is 19.3 Å². The molecule has 92 valence electrons. The van der Waals surface area contributed by atoms with Crippen LogP contribution in [0.4, 0.5) is 4.39 Å². The summed E-state index contributed by atoms with van der Waals surface area (Å²) in [6.07, 6.45) is 3.10. The number of carbonyl (C=O) groups is 1. The standard InChI is InChI=1S/C13H17FN2O/c14-11-5-2-1-4-10(11)8-12(17)16-9-13(15)6-3-7-13/h1-2,4-5H,3,6-9,15H2,(H,16,17). The number of nitrogens with two attached hydrogens (primary N) is 1. The number of hydrogen-bond acceptors (Lipinski definition) is 2. The van der Waals surface area contributed by atoms with E-state index in [4.69, 9.17) is 5.73 Å². The van der Waals surface area contributed by atoms with E-state index >= 15 is 0 Å².